The largest absolute Gasteiger partial charge is 0.325 e. The van der Waals surface area contributed by atoms with Crippen molar-refractivity contribution in [2.24, 2.45) is 0 Å². The molecule has 1 atom stereocenters. The number of aryl methyl sites for hydroxylation is 1. The lowest BCUT2D eigenvalue weighted by molar-refractivity contribution is -0.113. The van der Waals surface area contributed by atoms with Crippen LogP contribution in [0, 0.1) is 6.92 Å². The second-order valence-electron chi connectivity index (χ2n) is 8.17. The molecule has 5 nitrogen and oxygen atoms in total. The number of nitrogens with one attached hydrogen (secondary N) is 1. The molecule has 4 aromatic rings. The van der Waals surface area contributed by atoms with E-state index < -0.39 is 0 Å². The van der Waals surface area contributed by atoms with E-state index in [1.54, 1.807) is 0 Å². The Morgan fingerprint density at radius 3 is 2.47 bits per heavy atom. The minimum absolute atomic E-state index is 0.0758. The van der Waals surface area contributed by atoms with Crippen molar-refractivity contribution in [1.82, 2.24) is 14.8 Å². The van der Waals surface area contributed by atoms with E-state index in [0.717, 1.165) is 34.5 Å². The lowest BCUT2D eigenvalue weighted by atomic mass is 9.97. The van der Waals surface area contributed by atoms with Crippen molar-refractivity contribution in [3.05, 3.63) is 88.9 Å². The van der Waals surface area contributed by atoms with Crippen molar-refractivity contribution in [3.8, 4) is 17.1 Å². The molecular weight excluding hydrogens is 464 g/mol. The Kier molecular flexibility index (Phi) is 7.70. The molecule has 0 spiro atoms. The van der Waals surface area contributed by atoms with E-state index in [1.165, 1.54) is 11.8 Å². The third kappa shape index (κ3) is 5.34. The number of nitrogens with zero attached hydrogens (tertiary/aromatic N) is 3. The predicted molar refractivity (Wildman–Crippen MR) is 141 cm³/mol. The van der Waals surface area contributed by atoms with Crippen LogP contribution in [0.1, 0.15) is 37.3 Å². The fraction of sp³-hybridized carbons (Fsp3) is 0.222. The number of hydrogen-bond acceptors (Lipinski definition) is 4. The van der Waals surface area contributed by atoms with E-state index in [0.29, 0.717) is 21.9 Å². The van der Waals surface area contributed by atoms with E-state index in [9.17, 15) is 4.79 Å². The molecule has 1 unspecified atom stereocenters. The number of amides is 1. The van der Waals surface area contributed by atoms with Gasteiger partial charge in [0.05, 0.1) is 11.4 Å². The van der Waals surface area contributed by atoms with Crippen LogP contribution in [0.15, 0.2) is 78.0 Å². The SMILES string of the molecule is CCC(C)c1ccccc1NC(=O)CSc1nnc(-c2ccc(Cl)cc2)n1-c1ccccc1C. The van der Waals surface area contributed by atoms with Crippen molar-refractivity contribution < 1.29 is 4.79 Å². The second-order valence-corrected chi connectivity index (χ2v) is 9.55. The molecule has 4 rings (SSSR count). The number of hydrogen-bond donors (Lipinski definition) is 1. The summed E-state index contributed by atoms with van der Waals surface area (Å²) in [5.74, 6) is 1.22. The van der Waals surface area contributed by atoms with Crippen molar-refractivity contribution in [1.29, 1.82) is 0 Å². The Labute approximate surface area is 209 Å². The van der Waals surface area contributed by atoms with Crippen LogP contribution in [0.2, 0.25) is 5.02 Å². The van der Waals surface area contributed by atoms with E-state index in [-0.39, 0.29) is 11.7 Å². The van der Waals surface area contributed by atoms with Crippen LogP contribution in [-0.4, -0.2) is 26.4 Å². The molecule has 0 bridgehead atoms. The smallest absolute Gasteiger partial charge is 0.234 e. The van der Waals surface area contributed by atoms with Crippen molar-refractivity contribution in [2.45, 2.75) is 38.3 Å². The minimum atomic E-state index is -0.0758. The summed E-state index contributed by atoms with van der Waals surface area (Å²) in [7, 11) is 0. The molecule has 0 fully saturated rings. The first kappa shape index (κ1) is 24.0. The molecule has 0 saturated carbocycles. The van der Waals surface area contributed by atoms with E-state index in [4.69, 9.17) is 11.6 Å². The molecular formula is C27H27ClN4OS. The molecule has 1 aromatic heterocycles. The van der Waals surface area contributed by atoms with Gasteiger partial charge in [0, 0.05) is 16.3 Å². The van der Waals surface area contributed by atoms with Crippen molar-refractivity contribution in [3.63, 3.8) is 0 Å². The maximum Gasteiger partial charge on any atom is 0.234 e. The fourth-order valence-electron chi connectivity index (χ4n) is 3.76. The van der Waals surface area contributed by atoms with Gasteiger partial charge in [-0.1, -0.05) is 73.6 Å². The van der Waals surface area contributed by atoms with Crippen LogP contribution >= 0.6 is 23.4 Å². The Bertz CT molecular complexity index is 1290. The lowest BCUT2D eigenvalue weighted by Crippen LogP contribution is -2.16. The summed E-state index contributed by atoms with van der Waals surface area (Å²) in [6.45, 7) is 6.37. The summed E-state index contributed by atoms with van der Waals surface area (Å²) in [5, 5.41) is 13.3. The highest BCUT2D eigenvalue weighted by Gasteiger charge is 2.19. The highest BCUT2D eigenvalue weighted by Crippen LogP contribution is 2.31. The van der Waals surface area contributed by atoms with Crippen LogP contribution in [-0.2, 0) is 4.79 Å². The number of para-hydroxylation sites is 2. The number of halogens is 1. The summed E-state index contributed by atoms with van der Waals surface area (Å²) < 4.78 is 2.00. The molecule has 0 radical (unpaired) electrons. The Morgan fingerprint density at radius 1 is 1.03 bits per heavy atom. The molecule has 7 heteroatoms. The number of benzene rings is 3. The van der Waals surface area contributed by atoms with E-state index >= 15 is 0 Å². The van der Waals surface area contributed by atoms with Gasteiger partial charge < -0.3 is 5.32 Å². The summed E-state index contributed by atoms with van der Waals surface area (Å²) in [6.07, 6.45) is 1.01. The van der Waals surface area contributed by atoms with Crippen LogP contribution in [0.25, 0.3) is 17.1 Å². The predicted octanol–water partition coefficient (Wildman–Crippen LogP) is 7.14. The zero-order chi connectivity index (χ0) is 24.1. The number of carbonyl (C=O) groups is 1. The number of thioether (sulfide) groups is 1. The van der Waals surface area contributed by atoms with Gasteiger partial charge in [-0.15, -0.1) is 10.2 Å². The topological polar surface area (TPSA) is 59.8 Å². The average molecular weight is 491 g/mol. The standard InChI is InChI=1S/C27H27ClN4OS/c1-4-18(2)22-10-6-7-11-23(22)29-25(33)17-34-27-31-30-26(20-13-15-21(28)16-14-20)32(27)24-12-8-5-9-19(24)3/h5-16,18H,4,17H2,1-3H3,(H,29,33). The van der Waals surface area contributed by atoms with Crippen molar-refractivity contribution in [2.75, 3.05) is 11.1 Å². The molecule has 1 heterocycles. The summed E-state index contributed by atoms with van der Waals surface area (Å²) in [4.78, 5) is 12.9. The van der Waals surface area contributed by atoms with Crippen LogP contribution in [0.5, 0.6) is 0 Å². The van der Waals surface area contributed by atoms with Gasteiger partial charge in [0.1, 0.15) is 0 Å². The maximum atomic E-state index is 12.9. The third-order valence-electron chi connectivity index (χ3n) is 5.80. The summed E-state index contributed by atoms with van der Waals surface area (Å²) in [6, 6.07) is 23.6. The van der Waals surface area contributed by atoms with E-state index in [2.05, 4.69) is 35.4 Å². The Morgan fingerprint density at radius 2 is 1.74 bits per heavy atom. The molecule has 34 heavy (non-hydrogen) atoms. The van der Waals surface area contributed by atoms with Gasteiger partial charge in [-0.3, -0.25) is 9.36 Å². The highest BCUT2D eigenvalue weighted by atomic mass is 35.5. The molecule has 0 aliphatic carbocycles. The molecule has 3 aromatic carbocycles. The normalized spacial score (nSPS) is 11.9. The van der Waals surface area contributed by atoms with Gasteiger partial charge in [-0.2, -0.15) is 0 Å². The zero-order valence-corrected chi connectivity index (χ0v) is 21.0. The van der Waals surface area contributed by atoms with Gasteiger partial charge >= 0.3 is 0 Å². The quantitative estimate of drug-likeness (QED) is 0.266. The van der Waals surface area contributed by atoms with Crippen LogP contribution < -0.4 is 5.32 Å². The third-order valence-corrected chi connectivity index (χ3v) is 6.98. The Balaban J connectivity index is 1.60. The zero-order valence-electron chi connectivity index (χ0n) is 19.5. The van der Waals surface area contributed by atoms with Crippen LogP contribution in [0.3, 0.4) is 0 Å². The summed E-state index contributed by atoms with van der Waals surface area (Å²) >= 11 is 7.45. The lowest BCUT2D eigenvalue weighted by Gasteiger charge is -2.16. The van der Waals surface area contributed by atoms with Gasteiger partial charge in [0.25, 0.3) is 0 Å². The average Bonchev–Trinajstić information content (AvgIpc) is 3.27. The summed E-state index contributed by atoms with van der Waals surface area (Å²) in [5.41, 5.74) is 4.98. The first-order valence-electron chi connectivity index (χ1n) is 11.3. The second kappa shape index (κ2) is 10.9. The number of anilines is 1. The molecule has 174 valence electrons. The first-order valence-corrected chi connectivity index (χ1v) is 12.6. The molecule has 0 aliphatic heterocycles. The van der Waals surface area contributed by atoms with Gasteiger partial charge in [0.15, 0.2) is 11.0 Å². The van der Waals surface area contributed by atoms with Gasteiger partial charge in [-0.25, -0.2) is 0 Å². The number of aromatic nitrogens is 3. The first-order chi connectivity index (χ1) is 16.5. The molecule has 0 aliphatic rings. The van der Waals surface area contributed by atoms with E-state index in [1.807, 2.05) is 78.2 Å². The van der Waals surface area contributed by atoms with Gasteiger partial charge in [0.2, 0.25) is 5.91 Å². The Hall–Kier alpha value is -3.09. The minimum Gasteiger partial charge on any atom is -0.325 e. The fourth-order valence-corrected chi connectivity index (χ4v) is 4.63. The van der Waals surface area contributed by atoms with Crippen LogP contribution in [0.4, 0.5) is 5.69 Å². The van der Waals surface area contributed by atoms with Gasteiger partial charge in [-0.05, 0) is 66.8 Å². The number of rotatable bonds is 8. The molecule has 1 N–H and O–H groups in total. The molecule has 0 saturated heterocycles. The molecule has 1 amide bonds. The highest BCUT2D eigenvalue weighted by molar-refractivity contribution is 7.99. The monoisotopic (exact) mass is 490 g/mol. The number of carbonyl (C=O) groups excluding carboxylic acids is 1. The maximum absolute atomic E-state index is 12.9. The van der Waals surface area contributed by atoms with Crippen molar-refractivity contribution >= 4 is 35.0 Å².